The molecule has 0 aromatic heterocycles. The summed E-state index contributed by atoms with van der Waals surface area (Å²) in [5.74, 6) is -0.00338. The van der Waals surface area contributed by atoms with Crippen LogP contribution in [0.4, 0.5) is 0 Å². The minimum absolute atomic E-state index is 0.205. The molecule has 0 aliphatic rings. The number of benzene rings is 2. The lowest BCUT2D eigenvalue weighted by atomic mass is 10.2. The van der Waals surface area contributed by atoms with Gasteiger partial charge in [0.25, 0.3) is 0 Å². The minimum Gasteiger partial charge on any atom is -0.460 e. The molecule has 0 aliphatic carbocycles. The van der Waals surface area contributed by atoms with Crippen LogP contribution >= 0.6 is 11.8 Å². The summed E-state index contributed by atoms with van der Waals surface area (Å²) in [5, 5.41) is 0. The SMILES string of the molecule is C=CC(=O)OCCOCCOCCSc1ccc(C(=O)OCc2ccccc2)cc1. The molecular formula is C23H26O6S. The normalized spacial score (nSPS) is 10.4. The van der Waals surface area contributed by atoms with Crippen molar-refractivity contribution in [3.8, 4) is 0 Å². The van der Waals surface area contributed by atoms with Crippen molar-refractivity contribution < 1.29 is 28.5 Å². The van der Waals surface area contributed by atoms with Gasteiger partial charge in [-0.3, -0.25) is 0 Å². The molecular weight excluding hydrogens is 404 g/mol. The fourth-order valence-electron chi connectivity index (χ4n) is 2.29. The van der Waals surface area contributed by atoms with E-state index in [-0.39, 0.29) is 19.2 Å². The molecule has 160 valence electrons. The molecule has 30 heavy (non-hydrogen) atoms. The van der Waals surface area contributed by atoms with Crippen LogP contribution in [0.25, 0.3) is 0 Å². The van der Waals surface area contributed by atoms with Gasteiger partial charge in [0, 0.05) is 16.7 Å². The van der Waals surface area contributed by atoms with E-state index in [2.05, 4.69) is 6.58 Å². The zero-order valence-corrected chi connectivity index (χ0v) is 17.6. The maximum Gasteiger partial charge on any atom is 0.338 e. The molecule has 0 radical (unpaired) electrons. The molecule has 6 nitrogen and oxygen atoms in total. The molecule has 0 saturated heterocycles. The van der Waals surface area contributed by atoms with Gasteiger partial charge in [0.15, 0.2) is 0 Å². The lowest BCUT2D eigenvalue weighted by molar-refractivity contribution is -0.139. The van der Waals surface area contributed by atoms with Crippen LogP contribution in [0.2, 0.25) is 0 Å². The van der Waals surface area contributed by atoms with E-state index in [1.54, 1.807) is 23.9 Å². The molecule has 0 aliphatic heterocycles. The summed E-state index contributed by atoms with van der Waals surface area (Å²) in [6, 6.07) is 16.9. The fourth-order valence-corrected chi connectivity index (χ4v) is 3.06. The zero-order valence-electron chi connectivity index (χ0n) is 16.8. The minimum atomic E-state index is -0.455. The van der Waals surface area contributed by atoms with Gasteiger partial charge < -0.3 is 18.9 Å². The van der Waals surface area contributed by atoms with Gasteiger partial charge >= 0.3 is 11.9 Å². The van der Waals surface area contributed by atoms with Gasteiger partial charge in [0.05, 0.1) is 32.0 Å². The van der Waals surface area contributed by atoms with E-state index in [0.717, 1.165) is 22.3 Å². The Morgan fingerprint density at radius 2 is 1.50 bits per heavy atom. The first kappa shape index (κ1) is 23.7. The molecule has 2 aromatic carbocycles. The standard InChI is InChI=1S/C23H26O6S/c1-2-22(24)28-15-14-26-12-13-27-16-17-30-21-10-8-20(9-11-21)23(25)29-18-19-6-4-3-5-7-19/h2-11H,1,12-18H2. The van der Waals surface area contributed by atoms with Crippen LogP contribution in [0, 0.1) is 0 Å². The Kier molecular flexibility index (Phi) is 11.3. The van der Waals surface area contributed by atoms with Gasteiger partial charge in [0.1, 0.15) is 13.2 Å². The topological polar surface area (TPSA) is 71.1 Å². The Morgan fingerprint density at radius 1 is 0.833 bits per heavy atom. The number of carbonyl (C=O) groups is 2. The lowest BCUT2D eigenvalue weighted by Crippen LogP contribution is -2.12. The first-order valence-electron chi connectivity index (χ1n) is 9.57. The molecule has 0 N–H and O–H groups in total. The molecule has 2 rings (SSSR count). The van der Waals surface area contributed by atoms with E-state index >= 15 is 0 Å². The van der Waals surface area contributed by atoms with Crippen LogP contribution in [-0.4, -0.2) is 50.7 Å². The zero-order chi connectivity index (χ0) is 21.4. The van der Waals surface area contributed by atoms with Crippen LogP contribution in [0.5, 0.6) is 0 Å². The summed E-state index contributed by atoms with van der Waals surface area (Å²) < 4.78 is 20.9. The van der Waals surface area contributed by atoms with Gasteiger partial charge in [0.2, 0.25) is 0 Å². The summed E-state index contributed by atoms with van der Waals surface area (Å²) in [4.78, 5) is 24.0. The van der Waals surface area contributed by atoms with Gasteiger partial charge in [-0.15, -0.1) is 11.8 Å². The Labute approximate surface area is 181 Å². The number of rotatable bonds is 14. The fraction of sp³-hybridized carbons (Fsp3) is 0.304. The first-order valence-corrected chi connectivity index (χ1v) is 10.6. The van der Waals surface area contributed by atoms with E-state index in [4.69, 9.17) is 18.9 Å². The van der Waals surface area contributed by atoms with Gasteiger partial charge in [-0.1, -0.05) is 36.9 Å². The first-order chi connectivity index (χ1) is 14.7. The van der Waals surface area contributed by atoms with E-state index in [9.17, 15) is 9.59 Å². The molecule has 0 fully saturated rings. The highest BCUT2D eigenvalue weighted by Crippen LogP contribution is 2.18. The average molecular weight is 431 g/mol. The Morgan fingerprint density at radius 3 is 2.20 bits per heavy atom. The molecule has 7 heteroatoms. The maximum absolute atomic E-state index is 12.1. The number of carbonyl (C=O) groups excluding carboxylic acids is 2. The van der Waals surface area contributed by atoms with E-state index in [0.29, 0.717) is 32.0 Å². The molecule has 0 bridgehead atoms. The van der Waals surface area contributed by atoms with Crippen LogP contribution in [0.15, 0.2) is 72.1 Å². The number of hydrogen-bond acceptors (Lipinski definition) is 7. The van der Waals surface area contributed by atoms with Crippen molar-refractivity contribution in [2.24, 2.45) is 0 Å². The Bertz CT molecular complexity index is 776. The molecule has 0 atom stereocenters. The quantitative estimate of drug-likeness (QED) is 0.195. The average Bonchev–Trinajstić information content (AvgIpc) is 2.79. The summed E-state index contributed by atoms with van der Waals surface area (Å²) in [6.45, 7) is 5.61. The van der Waals surface area contributed by atoms with Crippen molar-refractivity contribution in [2.75, 3.05) is 38.8 Å². The monoisotopic (exact) mass is 430 g/mol. The van der Waals surface area contributed by atoms with Crippen molar-refractivity contribution in [2.45, 2.75) is 11.5 Å². The highest BCUT2D eigenvalue weighted by Gasteiger charge is 2.07. The number of thioether (sulfide) groups is 1. The number of esters is 2. The Balaban J connectivity index is 1.53. The van der Waals surface area contributed by atoms with E-state index < -0.39 is 5.97 Å². The van der Waals surface area contributed by atoms with Crippen LogP contribution in [0.1, 0.15) is 15.9 Å². The predicted octanol–water partition coefficient (Wildman–Crippen LogP) is 3.90. The predicted molar refractivity (Wildman–Crippen MR) is 116 cm³/mol. The molecule has 0 heterocycles. The summed E-state index contributed by atoms with van der Waals surface area (Å²) >= 11 is 1.64. The largest absolute Gasteiger partial charge is 0.460 e. The van der Waals surface area contributed by atoms with Crippen LogP contribution in [0.3, 0.4) is 0 Å². The van der Waals surface area contributed by atoms with Crippen LogP contribution < -0.4 is 0 Å². The third kappa shape index (κ3) is 9.73. The molecule has 0 unspecified atom stereocenters. The molecule has 0 spiro atoms. The molecule has 2 aromatic rings. The number of hydrogen-bond donors (Lipinski definition) is 0. The highest BCUT2D eigenvalue weighted by atomic mass is 32.2. The molecule has 0 saturated carbocycles. The van der Waals surface area contributed by atoms with Crippen molar-refractivity contribution in [3.05, 3.63) is 78.4 Å². The van der Waals surface area contributed by atoms with Crippen molar-refractivity contribution in [1.29, 1.82) is 0 Å². The van der Waals surface area contributed by atoms with Crippen molar-refractivity contribution in [3.63, 3.8) is 0 Å². The summed E-state index contributed by atoms with van der Waals surface area (Å²) in [7, 11) is 0. The van der Waals surface area contributed by atoms with Gasteiger partial charge in [-0.05, 0) is 29.8 Å². The van der Waals surface area contributed by atoms with E-state index in [1.807, 2.05) is 42.5 Å². The lowest BCUT2D eigenvalue weighted by Gasteiger charge is -2.07. The third-order valence-electron chi connectivity index (χ3n) is 3.81. The smallest absolute Gasteiger partial charge is 0.338 e. The number of ether oxygens (including phenoxy) is 4. The van der Waals surface area contributed by atoms with E-state index in [1.165, 1.54) is 0 Å². The second-order valence-electron chi connectivity index (χ2n) is 6.03. The second kappa shape index (κ2) is 14.4. The third-order valence-corrected chi connectivity index (χ3v) is 4.79. The second-order valence-corrected chi connectivity index (χ2v) is 7.20. The van der Waals surface area contributed by atoms with Gasteiger partial charge in [-0.2, -0.15) is 0 Å². The summed E-state index contributed by atoms with van der Waals surface area (Å²) in [5.41, 5.74) is 1.49. The highest BCUT2D eigenvalue weighted by molar-refractivity contribution is 7.99. The maximum atomic E-state index is 12.1. The van der Waals surface area contributed by atoms with Gasteiger partial charge in [-0.25, -0.2) is 9.59 Å². The van der Waals surface area contributed by atoms with Crippen molar-refractivity contribution >= 4 is 23.7 Å². The van der Waals surface area contributed by atoms with Crippen LogP contribution in [-0.2, 0) is 30.3 Å². The summed E-state index contributed by atoms with van der Waals surface area (Å²) in [6.07, 6.45) is 1.12. The van der Waals surface area contributed by atoms with Crippen molar-refractivity contribution in [1.82, 2.24) is 0 Å². The molecule has 0 amide bonds. The Hall–Kier alpha value is -2.61.